The molecule has 0 aliphatic heterocycles. The van der Waals surface area contributed by atoms with E-state index in [0.29, 0.717) is 6.61 Å². The Morgan fingerprint density at radius 2 is 1.81 bits per heavy atom. The van der Waals surface area contributed by atoms with Gasteiger partial charge in [-0.2, -0.15) is 0 Å². The molecule has 0 aliphatic rings. The van der Waals surface area contributed by atoms with Crippen LogP contribution in [-0.4, -0.2) is 18.3 Å². The first-order chi connectivity index (χ1) is 7.84. The number of rotatable bonds is 8. The molecular formula is C13H22N2O. The van der Waals surface area contributed by atoms with Crippen molar-refractivity contribution in [3.63, 3.8) is 0 Å². The smallest absolute Gasteiger partial charge is 0.0431 e. The minimum absolute atomic E-state index is 0.313. The number of benzene rings is 1. The highest BCUT2D eigenvalue weighted by atomic mass is 16.2. The summed E-state index contributed by atoms with van der Waals surface area (Å²) in [5.74, 6) is 0. The predicted octanol–water partition coefficient (Wildman–Crippen LogP) is 1.91. The van der Waals surface area contributed by atoms with E-state index in [1.807, 2.05) is 24.3 Å². The number of nitrogens with two attached hydrogens (primary N) is 1. The molecule has 3 heteroatoms. The molecule has 0 unspecified atom stereocenters. The maximum atomic E-state index is 8.62. The number of hydrogen-bond donors (Lipinski definition) is 3. The first-order valence-corrected chi connectivity index (χ1v) is 5.99. The topological polar surface area (TPSA) is 58.3 Å². The molecule has 0 heterocycles. The normalized spacial score (nSPS) is 10.6. The van der Waals surface area contributed by atoms with Crippen LogP contribution >= 0.6 is 0 Å². The van der Waals surface area contributed by atoms with Crippen LogP contribution in [0.1, 0.15) is 31.2 Å². The van der Waals surface area contributed by atoms with Crippen molar-refractivity contribution in [1.29, 1.82) is 0 Å². The van der Waals surface area contributed by atoms with Gasteiger partial charge in [0, 0.05) is 18.8 Å². The quantitative estimate of drug-likeness (QED) is 0.465. The van der Waals surface area contributed by atoms with Gasteiger partial charge in [0.2, 0.25) is 0 Å². The summed E-state index contributed by atoms with van der Waals surface area (Å²) in [5, 5.41) is 12.0. The third kappa shape index (κ3) is 5.14. The van der Waals surface area contributed by atoms with Gasteiger partial charge in [0.1, 0.15) is 0 Å². The molecule has 0 aliphatic carbocycles. The van der Waals surface area contributed by atoms with Gasteiger partial charge in [-0.25, -0.2) is 0 Å². The fourth-order valence-corrected chi connectivity index (χ4v) is 1.63. The molecular weight excluding hydrogens is 200 g/mol. The lowest BCUT2D eigenvalue weighted by molar-refractivity contribution is 0.282. The zero-order valence-corrected chi connectivity index (χ0v) is 9.78. The van der Waals surface area contributed by atoms with Crippen LogP contribution < -0.4 is 11.1 Å². The second-order valence-electron chi connectivity index (χ2n) is 4.01. The van der Waals surface area contributed by atoms with E-state index >= 15 is 0 Å². The summed E-state index contributed by atoms with van der Waals surface area (Å²) in [6, 6.07) is 7.94. The zero-order chi connectivity index (χ0) is 11.6. The van der Waals surface area contributed by atoms with Crippen LogP contribution in [0.3, 0.4) is 0 Å². The van der Waals surface area contributed by atoms with Crippen molar-refractivity contribution < 1.29 is 5.11 Å². The van der Waals surface area contributed by atoms with E-state index in [9.17, 15) is 0 Å². The molecule has 0 spiro atoms. The van der Waals surface area contributed by atoms with Gasteiger partial charge in [-0.3, -0.25) is 0 Å². The zero-order valence-electron chi connectivity index (χ0n) is 9.78. The first-order valence-electron chi connectivity index (χ1n) is 5.99. The van der Waals surface area contributed by atoms with Crippen molar-refractivity contribution in [2.45, 2.75) is 32.2 Å². The maximum absolute atomic E-state index is 8.62. The van der Waals surface area contributed by atoms with Crippen LogP contribution in [0, 0.1) is 0 Å². The van der Waals surface area contributed by atoms with Gasteiger partial charge in [0.05, 0.1) is 0 Å². The van der Waals surface area contributed by atoms with Crippen LogP contribution in [0.2, 0.25) is 0 Å². The van der Waals surface area contributed by atoms with Gasteiger partial charge in [0.15, 0.2) is 0 Å². The molecule has 4 N–H and O–H groups in total. The summed E-state index contributed by atoms with van der Waals surface area (Å²) < 4.78 is 0. The Bertz CT molecular complexity index is 289. The monoisotopic (exact) mass is 222 g/mol. The summed E-state index contributed by atoms with van der Waals surface area (Å²) in [5.41, 5.74) is 7.85. The first kappa shape index (κ1) is 13.0. The Labute approximate surface area is 97.7 Å². The molecule has 90 valence electrons. The summed E-state index contributed by atoms with van der Waals surface area (Å²) in [4.78, 5) is 0. The molecule has 0 radical (unpaired) electrons. The Morgan fingerprint density at radius 1 is 1.06 bits per heavy atom. The van der Waals surface area contributed by atoms with Gasteiger partial charge < -0.3 is 16.2 Å². The van der Waals surface area contributed by atoms with Gasteiger partial charge >= 0.3 is 0 Å². The van der Waals surface area contributed by atoms with Gasteiger partial charge in [-0.1, -0.05) is 31.0 Å². The third-order valence-corrected chi connectivity index (χ3v) is 2.63. The molecule has 16 heavy (non-hydrogen) atoms. The highest BCUT2D eigenvalue weighted by Crippen LogP contribution is 2.09. The third-order valence-electron chi connectivity index (χ3n) is 2.63. The highest BCUT2D eigenvalue weighted by molar-refractivity contribution is 5.46. The molecule has 3 nitrogen and oxygen atoms in total. The average Bonchev–Trinajstić information content (AvgIpc) is 2.30. The van der Waals surface area contributed by atoms with Crippen molar-refractivity contribution in [3.05, 3.63) is 29.8 Å². The van der Waals surface area contributed by atoms with Gasteiger partial charge in [0.25, 0.3) is 0 Å². The Balaban J connectivity index is 2.05. The van der Waals surface area contributed by atoms with E-state index in [-0.39, 0.29) is 0 Å². The Morgan fingerprint density at radius 3 is 2.56 bits per heavy atom. The van der Waals surface area contributed by atoms with Crippen molar-refractivity contribution in [3.8, 4) is 0 Å². The largest absolute Gasteiger partial charge is 0.398 e. The molecule has 0 saturated carbocycles. The number of nitrogen functional groups attached to an aromatic ring is 1. The van der Waals surface area contributed by atoms with Crippen LogP contribution in [-0.2, 0) is 6.54 Å². The average molecular weight is 222 g/mol. The van der Waals surface area contributed by atoms with Crippen molar-refractivity contribution in [1.82, 2.24) is 5.32 Å². The number of hydrogen-bond acceptors (Lipinski definition) is 3. The van der Waals surface area contributed by atoms with Crippen LogP contribution in [0.5, 0.6) is 0 Å². The Hall–Kier alpha value is -1.06. The van der Waals surface area contributed by atoms with E-state index in [0.717, 1.165) is 43.6 Å². The summed E-state index contributed by atoms with van der Waals surface area (Å²) >= 11 is 0. The minimum Gasteiger partial charge on any atom is -0.398 e. The highest BCUT2D eigenvalue weighted by Gasteiger charge is 1.96. The number of anilines is 1. The van der Waals surface area contributed by atoms with E-state index in [4.69, 9.17) is 10.8 Å². The molecule has 1 rings (SSSR count). The maximum Gasteiger partial charge on any atom is 0.0431 e. The van der Waals surface area contributed by atoms with Gasteiger partial charge in [-0.05, 0) is 31.0 Å². The number of para-hydroxylation sites is 1. The second-order valence-corrected chi connectivity index (χ2v) is 4.01. The fourth-order valence-electron chi connectivity index (χ4n) is 1.63. The van der Waals surface area contributed by atoms with Crippen LogP contribution in [0.25, 0.3) is 0 Å². The SMILES string of the molecule is Nc1ccccc1CNCCCCCCO. The van der Waals surface area contributed by atoms with E-state index < -0.39 is 0 Å². The number of aliphatic hydroxyl groups is 1. The summed E-state index contributed by atoms with van der Waals surface area (Å²) in [7, 11) is 0. The van der Waals surface area contributed by atoms with Crippen LogP contribution in [0.4, 0.5) is 5.69 Å². The summed E-state index contributed by atoms with van der Waals surface area (Å²) in [6.45, 7) is 2.17. The molecule has 0 saturated heterocycles. The second kappa shape index (κ2) is 8.13. The van der Waals surface area contributed by atoms with E-state index in [2.05, 4.69) is 5.32 Å². The number of aliphatic hydroxyl groups excluding tert-OH is 1. The van der Waals surface area contributed by atoms with E-state index in [1.54, 1.807) is 0 Å². The lowest BCUT2D eigenvalue weighted by atomic mass is 10.1. The standard InChI is InChI=1S/C13H22N2O/c14-13-8-4-3-7-12(13)11-15-9-5-1-2-6-10-16/h3-4,7-8,15-16H,1-2,5-6,9-11,14H2. The Kier molecular flexibility index (Phi) is 6.61. The molecule has 0 fully saturated rings. The lowest BCUT2D eigenvalue weighted by Gasteiger charge is -2.07. The van der Waals surface area contributed by atoms with Gasteiger partial charge in [-0.15, -0.1) is 0 Å². The molecule has 0 aromatic heterocycles. The van der Waals surface area contributed by atoms with E-state index in [1.165, 1.54) is 6.42 Å². The molecule has 0 amide bonds. The molecule has 1 aromatic carbocycles. The minimum atomic E-state index is 0.313. The number of unbranched alkanes of at least 4 members (excludes halogenated alkanes) is 3. The fraction of sp³-hybridized carbons (Fsp3) is 0.538. The predicted molar refractivity (Wildman–Crippen MR) is 68.1 cm³/mol. The summed E-state index contributed by atoms with van der Waals surface area (Å²) in [6.07, 6.45) is 4.38. The molecule has 0 bridgehead atoms. The molecule has 1 aromatic rings. The van der Waals surface area contributed by atoms with Crippen LogP contribution in [0.15, 0.2) is 24.3 Å². The van der Waals surface area contributed by atoms with Crippen molar-refractivity contribution in [2.24, 2.45) is 0 Å². The molecule has 0 atom stereocenters. The lowest BCUT2D eigenvalue weighted by Crippen LogP contribution is -2.15. The number of nitrogens with one attached hydrogen (secondary N) is 1. The van der Waals surface area contributed by atoms with Crippen molar-refractivity contribution >= 4 is 5.69 Å². The van der Waals surface area contributed by atoms with Crippen molar-refractivity contribution in [2.75, 3.05) is 18.9 Å².